The van der Waals surface area contributed by atoms with E-state index in [4.69, 9.17) is 5.73 Å². The third kappa shape index (κ3) is 2.73. The molecule has 0 unspecified atom stereocenters. The standard InChI is InChI=1S/C10H20N4/c1-7(2)9(11)6-12-10-5-8(3)13-14(10)4/h5,7,9,12H,6,11H2,1-4H3/t9-/m0/s1. The van der Waals surface area contributed by atoms with Crippen LogP contribution in [0.1, 0.15) is 19.5 Å². The Labute approximate surface area is 85.5 Å². The van der Waals surface area contributed by atoms with Gasteiger partial charge in [-0.3, -0.25) is 4.68 Å². The zero-order chi connectivity index (χ0) is 10.7. The summed E-state index contributed by atoms with van der Waals surface area (Å²) >= 11 is 0. The summed E-state index contributed by atoms with van der Waals surface area (Å²) in [6.45, 7) is 7.02. The number of hydrogen-bond acceptors (Lipinski definition) is 3. The van der Waals surface area contributed by atoms with Gasteiger partial charge in [0.2, 0.25) is 0 Å². The van der Waals surface area contributed by atoms with Gasteiger partial charge in [-0.15, -0.1) is 0 Å². The van der Waals surface area contributed by atoms with Crippen molar-refractivity contribution in [3.8, 4) is 0 Å². The molecule has 0 amide bonds. The van der Waals surface area contributed by atoms with Crippen LogP contribution in [0.15, 0.2) is 6.07 Å². The lowest BCUT2D eigenvalue weighted by Crippen LogP contribution is -2.34. The van der Waals surface area contributed by atoms with Gasteiger partial charge in [0.15, 0.2) is 0 Å². The summed E-state index contributed by atoms with van der Waals surface area (Å²) < 4.78 is 1.84. The lowest BCUT2D eigenvalue weighted by molar-refractivity contribution is 0.510. The van der Waals surface area contributed by atoms with Crippen LogP contribution in [0.25, 0.3) is 0 Å². The lowest BCUT2D eigenvalue weighted by atomic mass is 10.1. The van der Waals surface area contributed by atoms with Crippen molar-refractivity contribution in [1.29, 1.82) is 0 Å². The van der Waals surface area contributed by atoms with Crippen LogP contribution in [0, 0.1) is 12.8 Å². The maximum absolute atomic E-state index is 5.93. The van der Waals surface area contributed by atoms with Crippen LogP contribution in [-0.2, 0) is 7.05 Å². The molecule has 3 N–H and O–H groups in total. The van der Waals surface area contributed by atoms with Crippen LogP contribution in [0.4, 0.5) is 5.82 Å². The SMILES string of the molecule is Cc1cc(NC[C@H](N)C(C)C)n(C)n1. The van der Waals surface area contributed by atoms with Crippen LogP contribution in [0.5, 0.6) is 0 Å². The molecule has 1 aromatic rings. The maximum Gasteiger partial charge on any atom is 0.124 e. The lowest BCUT2D eigenvalue weighted by Gasteiger charge is -2.16. The van der Waals surface area contributed by atoms with E-state index in [1.165, 1.54) is 0 Å². The van der Waals surface area contributed by atoms with E-state index in [0.717, 1.165) is 18.1 Å². The zero-order valence-electron chi connectivity index (χ0n) is 9.41. The predicted molar refractivity (Wildman–Crippen MR) is 59.2 cm³/mol. The number of anilines is 1. The Balaban J connectivity index is 2.49. The molecule has 1 heterocycles. The Kier molecular flexibility index (Phi) is 3.52. The van der Waals surface area contributed by atoms with Crippen LogP contribution >= 0.6 is 0 Å². The van der Waals surface area contributed by atoms with Crippen LogP contribution in [-0.4, -0.2) is 22.4 Å². The molecule has 1 rings (SSSR count). The van der Waals surface area contributed by atoms with Gasteiger partial charge in [0.1, 0.15) is 5.82 Å². The zero-order valence-corrected chi connectivity index (χ0v) is 9.41. The van der Waals surface area contributed by atoms with Crippen molar-refractivity contribution in [3.63, 3.8) is 0 Å². The monoisotopic (exact) mass is 196 g/mol. The Morgan fingerprint density at radius 1 is 1.57 bits per heavy atom. The molecule has 80 valence electrons. The molecule has 0 bridgehead atoms. The number of rotatable bonds is 4. The van der Waals surface area contributed by atoms with E-state index in [9.17, 15) is 0 Å². The number of nitrogens with zero attached hydrogens (tertiary/aromatic N) is 2. The summed E-state index contributed by atoms with van der Waals surface area (Å²) in [5, 5.41) is 7.54. The number of nitrogens with two attached hydrogens (primary N) is 1. The average molecular weight is 196 g/mol. The van der Waals surface area contributed by atoms with E-state index in [1.807, 2.05) is 24.7 Å². The molecule has 0 aliphatic heterocycles. The molecular formula is C10H20N4. The molecule has 0 saturated carbocycles. The highest BCUT2D eigenvalue weighted by Crippen LogP contribution is 2.08. The maximum atomic E-state index is 5.93. The minimum atomic E-state index is 0.185. The quantitative estimate of drug-likeness (QED) is 0.759. The van der Waals surface area contributed by atoms with Crippen molar-refractivity contribution in [2.45, 2.75) is 26.8 Å². The molecule has 0 spiro atoms. The smallest absolute Gasteiger partial charge is 0.124 e. The second kappa shape index (κ2) is 4.46. The van der Waals surface area contributed by atoms with E-state index in [0.29, 0.717) is 5.92 Å². The largest absolute Gasteiger partial charge is 0.369 e. The number of aromatic nitrogens is 2. The summed E-state index contributed by atoms with van der Waals surface area (Å²) in [6, 6.07) is 2.21. The second-order valence-corrected chi connectivity index (χ2v) is 4.08. The molecule has 0 aliphatic rings. The third-order valence-corrected chi connectivity index (χ3v) is 2.38. The summed E-state index contributed by atoms with van der Waals surface area (Å²) in [4.78, 5) is 0. The van der Waals surface area contributed by atoms with Crippen molar-refractivity contribution >= 4 is 5.82 Å². The fourth-order valence-electron chi connectivity index (χ4n) is 1.23. The molecule has 0 aromatic carbocycles. The molecule has 1 aromatic heterocycles. The van der Waals surface area contributed by atoms with Crippen molar-refractivity contribution in [2.24, 2.45) is 18.7 Å². The minimum absolute atomic E-state index is 0.185. The van der Waals surface area contributed by atoms with Gasteiger partial charge in [-0.05, 0) is 12.8 Å². The molecule has 0 radical (unpaired) electrons. The van der Waals surface area contributed by atoms with Crippen molar-refractivity contribution in [2.75, 3.05) is 11.9 Å². The molecular weight excluding hydrogens is 176 g/mol. The van der Waals surface area contributed by atoms with E-state index in [2.05, 4.69) is 24.3 Å². The fraction of sp³-hybridized carbons (Fsp3) is 0.700. The number of aryl methyl sites for hydroxylation is 2. The number of hydrogen-bond donors (Lipinski definition) is 2. The van der Waals surface area contributed by atoms with E-state index < -0.39 is 0 Å². The first-order valence-electron chi connectivity index (χ1n) is 5.00. The first-order valence-corrected chi connectivity index (χ1v) is 5.00. The van der Waals surface area contributed by atoms with Crippen LogP contribution in [0.3, 0.4) is 0 Å². The van der Waals surface area contributed by atoms with Gasteiger partial charge in [0, 0.05) is 25.7 Å². The molecule has 0 fully saturated rings. The highest BCUT2D eigenvalue weighted by Gasteiger charge is 2.08. The van der Waals surface area contributed by atoms with Gasteiger partial charge in [-0.1, -0.05) is 13.8 Å². The molecule has 14 heavy (non-hydrogen) atoms. The van der Waals surface area contributed by atoms with Crippen LogP contribution in [0.2, 0.25) is 0 Å². The fourth-order valence-corrected chi connectivity index (χ4v) is 1.23. The molecule has 1 atom stereocenters. The Hall–Kier alpha value is -1.03. The normalized spacial score (nSPS) is 13.3. The Morgan fingerprint density at radius 2 is 2.21 bits per heavy atom. The summed E-state index contributed by atoms with van der Waals surface area (Å²) in [7, 11) is 1.93. The minimum Gasteiger partial charge on any atom is -0.369 e. The van der Waals surface area contributed by atoms with Crippen molar-refractivity contribution < 1.29 is 0 Å². The summed E-state index contributed by atoms with van der Waals surface area (Å²) in [5.74, 6) is 1.52. The van der Waals surface area contributed by atoms with Gasteiger partial charge in [-0.2, -0.15) is 5.10 Å². The van der Waals surface area contributed by atoms with E-state index in [-0.39, 0.29) is 6.04 Å². The Bertz CT molecular complexity index is 290. The Morgan fingerprint density at radius 3 is 2.64 bits per heavy atom. The van der Waals surface area contributed by atoms with Crippen molar-refractivity contribution in [1.82, 2.24) is 9.78 Å². The molecule has 0 saturated heterocycles. The highest BCUT2D eigenvalue weighted by molar-refractivity contribution is 5.36. The van der Waals surface area contributed by atoms with Crippen LogP contribution < -0.4 is 11.1 Å². The third-order valence-electron chi connectivity index (χ3n) is 2.38. The van der Waals surface area contributed by atoms with Crippen molar-refractivity contribution in [3.05, 3.63) is 11.8 Å². The molecule has 4 heteroatoms. The number of nitrogens with one attached hydrogen (secondary N) is 1. The summed E-state index contributed by atoms with van der Waals surface area (Å²) in [5.41, 5.74) is 6.95. The van der Waals surface area contributed by atoms with Gasteiger partial charge in [0.25, 0.3) is 0 Å². The molecule has 4 nitrogen and oxygen atoms in total. The molecule has 0 aliphatic carbocycles. The first-order chi connectivity index (χ1) is 6.50. The van der Waals surface area contributed by atoms with Gasteiger partial charge < -0.3 is 11.1 Å². The van der Waals surface area contributed by atoms with E-state index in [1.54, 1.807) is 0 Å². The first kappa shape index (κ1) is 11.0. The topological polar surface area (TPSA) is 55.9 Å². The second-order valence-electron chi connectivity index (χ2n) is 4.08. The van der Waals surface area contributed by atoms with Gasteiger partial charge in [-0.25, -0.2) is 0 Å². The summed E-state index contributed by atoms with van der Waals surface area (Å²) in [6.07, 6.45) is 0. The van der Waals surface area contributed by atoms with E-state index >= 15 is 0 Å². The van der Waals surface area contributed by atoms with Gasteiger partial charge in [0.05, 0.1) is 5.69 Å². The van der Waals surface area contributed by atoms with Gasteiger partial charge >= 0.3 is 0 Å². The highest BCUT2D eigenvalue weighted by atomic mass is 15.3. The average Bonchev–Trinajstić information content (AvgIpc) is 2.40. The predicted octanol–water partition coefficient (Wildman–Crippen LogP) is 1.12.